The molecule has 0 amide bonds. The maximum absolute atomic E-state index is 15.6. The number of aromatic nitrogens is 3. The fourth-order valence-corrected chi connectivity index (χ4v) is 5.27. The van der Waals surface area contributed by atoms with Gasteiger partial charge < -0.3 is 19.3 Å². The molecule has 1 fully saturated rings. The van der Waals surface area contributed by atoms with E-state index in [4.69, 9.17) is 19.2 Å². The predicted molar refractivity (Wildman–Crippen MR) is 144 cm³/mol. The van der Waals surface area contributed by atoms with Gasteiger partial charge in [0.25, 0.3) is 0 Å². The van der Waals surface area contributed by atoms with Crippen molar-refractivity contribution in [2.75, 3.05) is 26.9 Å². The Kier molecular flexibility index (Phi) is 6.95. The molecule has 40 heavy (non-hydrogen) atoms. The molecule has 4 heterocycles. The zero-order chi connectivity index (χ0) is 27.8. The van der Waals surface area contributed by atoms with Crippen LogP contribution in [0.2, 0.25) is 0 Å². The fraction of sp³-hybridized carbons (Fsp3) is 0.300. The smallest absolute Gasteiger partial charge is 0.342 e. The number of ether oxygens (including phenoxy) is 3. The predicted octanol–water partition coefficient (Wildman–Crippen LogP) is 4.42. The van der Waals surface area contributed by atoms with E-state index >= 15 is 4.39 Å². The summed E-state index contributed by atoms with van der Waals surface area (Å²) in [5.41, 5.74) is 4.44. The lowest BCUT2D eigenvalue weighted by atomic mass is 9.95. The van der Waals surface area contributed by atoms with Crippen LogP contribution < -0.4 is 9.47 Å². The summed E-state index contributed by atoms with van der Waals surface area (Å²) < 4.78 is 33.8. The van der Waals surface area contributed by atoms with Crippen molar-refractivity contribution >= 4 is 5.97 Å². The first-order chi connectivity index (χ1) is 19.4. The molecule has 2 aliphatic rings. The molecule has 2 aromatic heterocycles. The second-order valence-corrected chi connectivity index (χ2v) is 9.99. The summed E-state index contributed by atoms with van der Waals surface area (Å²) in [6.45, 7) is 5.06. The minimum Gasteiger partial charge on any atom is -0.488 e. The number of pyridine rings is 1. The average Bonchev–Trinajstić information content (AvgIpc) is 3.37. The van der Waals surface area contributed by atoms with Crippen molar-refractivity contribution in [1.82, 2.24) is 19.7 Å². The highest BCUT2D eigenvalue weighted by molar-refractivity contribution is 5.90. The topological polar surface area (TPSA) is 98.9 Å². The molecule has 0 unspecified atom stereocenters. The van der Waals surface area contributed by atoms with Crippen LogP contribution in [0.3, 0.4) is 0 Å². The molecule has 0 aliphatic carbocycles. The Morgan fingerprint density at radius 1 is 1.18 bits per heavy atom. The normalized spacial score (nSPS) is 15.4. The number of carboxylic acid groups (broad SMARTS) is 1. The number of aryl methyl sites for hydroxylation is 1. The third-order valence-electron chi connectivity index (χ3n) is 7.54. The van der Waals surface area contributed by atoms with Gasteiger partial charge in [0.15, 0.2) is 5.82 Å². The number of para-hydroxylation sites is 1. The van der Waals surface area contributed by atoms with Gasteiger partial charge >= 0.3 is 5.97 Å². The van der Waals surface area contributed by atoms with Gasteiger partial charge in [-0.1, -0.05) is 30.3 Å². The summed E-state index contributed by atoms with van der Waals surface area (Å²) in [6, 6.07) is 15.3. The first-order valence-corrected chi connectivity index (χ1v) is 13.1. The molecule has 1 saturated heterocycles. The molecule has 0 saturated carbocycles. The van der Waals surface area contributed by atoms with Crippen LogP contribution in [0.1, 0.15) is 32.6 Å². The van der Waals surface area contributed by atoms with E-state index in [0.29, 0.717) is 35.3 Å². The van der Waals surface area contributed by atoms with E-state index in [1.165, 1.54) is 18.0 Å². The molecule has 0 spiro atoms. The van der Waals surface area contributed by atoms with Crippen molar-refractivity contribution in [1.29, 1.82) is 0 Å². The third-order valence-corrected chi connectivity index (χ3v) is 7.54. The Labute approximate surface area is 230 Å². The largest absolute Gasteiger partial charge is 0.488 e. The Balaban J connectivity index is 1.26. The van der Waals surface area contributed by atoms with Gasteiger partial charge in [0, 0.05) is 24.2 Å². The number of fused-ring (bicyclic) bond motifs is 1. The van der Waals surface area contributed by atoms with Crippen molar-refractivity contribution in [3.8, 4) is 28.7 Å². The van der Waals surface area contributed by atoms with Gasteiger partial charge in [-0.25, -0.2) is 14.2 Å². The van der Waals surface area contributed by atoms with Gasteiger partial charge in [0.05, 0.1) is 38.3 Å². The van der Waals surface area contributed by atoms with E-state index in [1.807, 2.05) is 43.3 Å². The van der Waals surface area contributed by atoms with Gasteiger partial charge in [-0.3, -0.25) is 4.90 Å². The van der Waals surface area contributed by atoms with Gasteiger partial charge in [0.2, 0.25) is 5.88 Å². The summed E-state index contributed by atoms with van der Waals surface area (Å²) >= 11 is 0. The highest BCUT2D eigenvalue weighted by Gasteiger charge is 2.30. The zero-order valence-electron chi connectivity index (χ0n) is 22.3. The number of halogens is 1. The number of benzene rings is 2. The van der Waals surface area contributed by atoms with Gasteiger partial charge in [0.1, 0.15) is 23.7 Å². The molecule has 9 nitrogen and oxygen atoms in total. The van der Waals surface area contributed by atoms with Crippen LogP contribution in [-0.2, 0) is 24.3 Å². The maximum atomic E-state index is 15.6. The molecule has 0 bridgehead atoms. The molecule has 0 radical (unpaired) electrons. The van der Waals surface area contributed by atoms with Crippen LogP contribution in [0.4, 0.5) is 4.39 Å². The number of hydrogen-bond donors (Lipinski definition) is 1. The van der Waals surface area contributed by atoms with E-state index in [0.717, 1.165) is 48.6 Å². The van der Waals surface area contributed by atoms with Gasteiger partial charge in [-0.05, 0) is 48.2 Å². The molecular formula is C30H29FN4O5. The van der Waals surface area contributed by atoms with E-state index in [1.54, 1.807) is 12.1 Å². The third kappa shape index (κ3) is 4.69. The molecule has 0 atom stereocenters. The lowest BCUT2D eigenvalue weighted by Crippen LogP contribution is -2.50. The summed E-state index contributed by atoms with van der Waals surface area (Å²) in [5, 5.41) is 13.6. The number of carbonyl (C=O) groups is 1. The highest BCUT2D eigenvalue weighted by atomic mass is 19.1. The quantitative estimate of drug-likeness (QED) is 0.348. The summed E-state index contributed by atoms with van der Waals surface area (Å²) in [4.78, 5) is 18.6. The van der Waals surface area contributed by atoms with Crippen molar-refractivity contribution in [3.63, 3.8) is 0 Å². The van der Waals surface area contributed by atoms with Crippen LogP contribution in [0, 0.1) is 12.7 Å². The second-order valence-electron chi connectivity index (χ2n) is 9.99. The van der Waals surface area contributed by atoms with Crippen molar-refractivity contribution in [3.05, 3.63) is 88.4 Å². The Hall–Kier alpha value is -4.28. The monoisotopic (exact) mass is 544 g/mol. The van der Waals surface area contributed by atoms with Crippen molar-refractivity contribution < 1.29 is 28.5 Å². The standard InChI is InChI=1S/C30H29FN4O5/c1-18-5-3-6-23(25-7-4-8-26(33-25)35-29(38-2)24(13-32-35)30(36)37)28(18)40-15-20-10-9-19-14-34(21-16-39-17-21)12-11-22(19)27(20)31/h3-10,13,21H,11-12,14-17H2,1-2H3,(H,36,37). The molecule has 4 aromatic rings. The number of nitrogens with zero attached hydrogens (tertiary/aromatic N) is 4. The van der Waals surface area contributed by atoms with Crippen LogP contribution in [-0.4, -0.2) is 63.7 Å². The number of aromatic carboxylic acids is 1. The first-order valence-electron chi connectivity index (χ1n) is 13.1. The SMILES string of the molecule is COc1c(C(=O)O)cnn1-c1cccc(-c2cccc(C)c2OCc2ccc3c(c2F)CCN(C2COC2)C3)n1. The number of hydrogen-bond acceptors (Lipinski definition) is 7. The summed E-state index contributed by atoms with van der Waals surface area (Å²) in [7, 11) is 1.38. The highest BCUT2D eigenvalue weighted by Crippen LogP contribution is 2.34. The molecule has 2 aromatic carbocycles. The molecule has 206 valence electrons. The number of carboxylic acids is 1. The second kappa shape index (κ2) is 10.7. The lowest BCUT2D eigenvalue weighted by molar-refractivity contribution is -0.0696. The molecule has 2 aliphatic heterocycles. The number of methoxy groups -OCH3 is 1. The minimum absolute atomic E-state index is 0.0638. The minimum atomic E-state index is -1.15. The van der Waals surface area contributed by atoms with Crippen molar-refractivity contribution in [2.24, 2.45) is 0 Å². The fourth-order valence-electron chi connectivity index (χ4n) is 5.27. The molecule has 1 N–H and O–H groups in total. The van der Waals surface area contributed by atoms with Gasteiger partial charge in [-0.15, -0.1) is 0 Å². The van der Waals surface area contributed by atoms with Crippen LogP contribution in [0.25, 0.3) is 17.1 Å². The van der Waals surface area contributed by atoms with Crippen LogP contribution in [0.15, 0.2) is 54.7 Å². The molecule has 6 rings (SSSR count). The first kappa shape index (κ1) is 26.0. The van der Waals surface area contributed by atoms with Crippen LogP contribution in [0.5, 0.6) is 11.6 Å². The Morgan fingerprint density at radius 2 is 2.00 bits per heavy atom. The maximum Gasteiger partial charge on any atom is 0.342 e. The lowest BCUT2D eigenvalue weighted by Gasteiger charge is -2.40. The van der Waals surface area contributed by atoms with E-state index in [-0.39, 0.29) is 23.9 Å². The average molecular weight is 545 g/mol. The number of rotatable bonds is 8. The zero-order valence-corrected chi connectivity index (χ0v) is 22.3. The van der Waals surface area contributed by atoms with Crippen molar-refractivity contribution in [2.45, 2.75) is 32.5 Å². The molecule has 10 heteroatoms. The van der Waals surface area contributed by atoms with Crippen LogP contribution >= 0.6 is 0 Å². The van der Waals surface area contributed by atoms with E-state index < -0.39 is 5.97 Å². The summed E-state index contributed by atoms with van der Waals surface area (Å²) in [5.74, 6) is -0.285. The van der Waals surface area contributed by atoms with E-state index in [9.17, 15) is 9.90 Å². The summed E-state index contributed by atoms with van der Waals surface area (Å²) in [6.07, 6.45) is 1.89. The Morgan fingerprint density at radius 3 is 2.75 bits per heavy atom. The Bertz CT molecular complexity index is 1580. The molecular weight excluding hydrogens is 515 g/mol. The van der Waals surface area contributed by atoms with E-state index in [2.05, 4.69) is 10.00 Å². The van der Waals surface area contributed by atoms with Gasteiger partial charge in [-0.2, -0.15) is 9.78 Å².